The van der Waals surface area contributed by atoms with Gasteiger partial charge >= 0.3 is 11.9 Å². The summed E-state index contributed by atoms with van der Waals surface area (Å²) in [7, 11) is 0. The van der Waals surface area contributed by atoms with Crippen molar-refractivity contribution in [2.24, 2.45) is 4.99 Å². The van der Waals surface area contributed by atoms with Crippen LogP contribution in [0, 0.1) is 0 Å². The molecule has 0 spiro atoms. The van der Waals surface area contributed by atoms with Crippen molar-refractivity contribution in [1.82, 2.24) is 0 Å². The number of aliphatic carboxylic acids is 2. The Bertz CT molecular complexity index is 1690. The van der Waals surface area contributed by atoms with Crippen LogP contribution in [-0.4, -0.2) is 33.2 Å². The van der Waals surface area contributed by atoms with Gasteiger partial charge in [0.1, 0.15) is 11.5 Å². The summed E-state index contributed by atoms with van der Waals surface area (Å²) in [6, 6.07) is 8.16. The second kappa shape index (κ2) is 10.1. The predicted octanol–water partition coefficient (Wildman–Crippen LogP) is 6.19. The average Bonchev–Trinajstić information content (AvgIpc) is 2.83. The monoisotopic (exact) mass is 554 g/mol. The van der Waals surface area contributed by atoms with Gasteiger partial charge in [-0.25, -0.2) is 9.59 Å². The van der Waals surface area contributed by atoms with Crippen LogP contribution in [0.25, 0.3) is 5.57 Å². The van der Waals surface area contributed by atoms with E-state index in [9.17, 15) is 19.8 Å². The van der Waals surface area contributed by atoms with Crippen LogP contribution < -0.4 is 20.6 Å². The summed E-state index contributed by atoms with van der Waals surface area (Å²) in [5, 5.41) is 24.8. The number of carboxylic acid groups (broad SMARTS) is 2. The van der Waals surface area contributed by atoms with E-state index >= 15 is 0 Å². The maximum Gasteiger partial charge on any atom is 0.335 e. The first-order valence-corrected chi connectivity index (χ1v) is 14.1. The number of hydrogen-bond donors (Lipinski definition) is 3. The van der Waals surface area contributed by atoms with Gasteiger partial charge in [0.05, 0.1) is 16.5 Å². The Balaban J connectivity index is 1.90. The zero-order valence-electron chi connectivity index (χ0n) is 24.8. The van der Waals surface area contributed by atoms with Crippen molar-refractivity contribution in [3.63, 3.8) is 0 Å². The fourth-order valence-electron chi connectivity index (χ4n) is 6.75. The summed E-state index contributed by atoms with van der Waals surface area (Å²) < 4.78 is 6.59. The molecule has 3 aliphatic heterocycles. The average molecular weight is 555 g/mol. The maximum atomic E-state index is 12.5. The number of nitrogens with zero attached hydrogens (tertiary/aromatic N) is 1. The molecule has 2 atom stereocenters. The van der Waals surface area contributed by atoms with Gasteiger partial charge in [-0.3, -0.25) is 4.99 Å². The lowest BCUT2D eigenvalue weighted by atomic mass is 9.79. The summed E-state index contributed by atoms with van der Waals surface area (Å²) in [4.78, 5) is 28.9. The van der Waals surface area contributed by atoms with E-state index in [1.165, 1.54) is 6.08 Å². The maximum absolute atomic E-state index is 12.5. The Kier molecular flexibility index (Phi) is 6.96. The van der Waals surface area contributed by atoms with E-state index in [-0.39, 0.29) is 28.5 Å². The molecular formula is C34H38N2O5. The molecule has 214 valence electrons. The third-order valence-corrected chi connectivity index (χ3v) is 8.20. The molecule has 0 aliphatic carbocycles. The molecule has 0 bridgehead atoms. The molecule has 0 aromatic heterocycles. The highest BCUT2D eigenvalue weighted by atomic mass is 16.5. The van der Waals surface area contributed by atoms with Gasteiger partial charge in [0.25, 0.3) is 0 Å². The molecule has 0 saturated carbocycles. The fourth-order valence-corrected chi connectivity index (χ4v) is 6.75. The van der Waals surface area contributed by atoms with Gasteiger partial charge in [0.2, 0.25) is 0 Å². The van der Waals surface area contributed by atoms with E-state index in [1.54, 1.807) is 19.1 Å². The number of nitrogens with one attached hydrogen (secondary N) is 1. The van der Waals surface area contributed by atoms with Crippen molar-refractivity contribution in [2.75, 3.05) is 5.32 Å². The molecule has 7 heteroatoms. The standard InChI is InChI=1S/C34H38N2O5/c1-8-20(32(39)40)21(10-9-11-30(37)38)31-24-12-22-18(2)16-33(4,5)35-26(22)14-28(24)41-29-15-27-23(13-25(29)31)19(3)17-34(6,7)36-27/h8-15,18-19,35H,16-17H2,1-7H3,(H,37,38)(H,39,40)/b11-9+,20-8+,21-10+. The van der Waals surface area contributed by atoms with Crippen LogP contribution in [0.2, 0.25) is 0 Å². The topological polar surface area (TPSA) is 108 Å². The predicted molar refractivity (Wildman–Crippen MR) is 160 cm³/mol. The number of anilines is 1. The molecule has 2 aromatic rings. The minimum absolute atomic E-state index is 0.0791. The van der Waals surface area contributed by atoms with E-state index in [4.69, 9.17) is 9.73 Å². The minimum atomic E-state index is -1.11. The molecule has 2 unspecified atom stereocenters. The normalized spacial score (nSPS) is 22.4. The minimum Gasteiger partial charge on any atom is -0.478 e. The van der Waals surface area contributed by atoms with Gasteiger partial charge < -0.3 is 20.3 Å². The third kappa shape index (κ3) is 5.33. The van der Waals surface area contributed by atoms with Crippen molar-refractivity contribution in [1.29, 1.82) is 0 Å². The lowest BCUT2D eigenvalue weighted by Crippen LogP contribution is -2.37. The van der Waals surface area contributed by atoms with Gasteiger partial charge in [-0.15, -0.1) is 0 Å². The number of ether oxygens (including phenoxy) is 1. The second-order valence-corrected chi connectivity index (χ2v) is 12.7. The quantitative estimate of drug-likeness (QED) is 0.300. The number of carboxylic acids is 2. The van der Waals surface area contributed by atoms with Gasteiger partial charge in [-0.1, -0.05) is 32.1 Å². The van der Waals surface area contributed by atoms with Crippen molar-refractivity contribution in [3.05, 3.63) is 87.0 Å². The molecule has 0 amide bonds. The summed E-state index contributed by atoms with van der Waals surface area (Å²) in [6.07, 6.45) is 7.34. The first-order chi connectivity index (χ1) is 19.2. The van der Waals surface area contributed by atoms with E-state index in [0.717, 1.165) is 51.9 Å². The van der Waals surface area contributed by atoms with Crippen molar-refractivity contribution >= 4 is 23.2 Å². The van der Waals surface area contributed by atoms with Crippen molar-refractivity contribution < 1.29 is 24.5 Å². The number of carbonyl (C=O) groups is 2. The van der Waals surface area contributed by atoms with Crippen LogP contribution in [0.15, 0.2) is 64.7 Å². The van der Waals surface area contributed by atoms with E-state index in [2.05, 4.69) is 59.0 Å². The number of benzene rings is 2. The molecule has 2 aromatic carbocycles. The molecule has 0 radical (unpaired) electrons. The molecule has 3 aliphatic rings. The lowest BCUT2D eigenvalue weighted by molar-refractivity contribution is -0.132. The highest BCUT2D eigenvalue weighted by Gasteiger charge is 2.34. The van der Waals surface area contributed by atoms with Gasteiger partial charge in [0, 0.05) is 45.8 Å². The molecule has 0 saturated heterocycles. The Morgan fingerprint density at radius 1 is 1.00 bits per heavy atom. The summed E-state index contributed by atoms with van der Waals surface area (Å²) in [5.74, 6) is -0.501. The second-order valence-electron chi connectivity index (χ2n) is 12.7. The lowest BCUT2D eigenvalue weighted by Gasteiger charge is -2.38. The number of allylic oxidation sites excluding steroid dienone is 3. The summed E-state index contributed by atoms with van der Waals surface area (Å²) in [5.41, 5.74) is 4.89. The molecule has 0 fully saturated rings. The highest BCUT2D eigenvalue weighted by Crippen LogP contribution is 2.47. The zero-order chi connectivity index (χ0) is 29.9. The Labute approximate surface area is 240 Å². The molecular weight excluding hydrogens is 516 g/mol. The van der Waals surface area contributed by atoms with Crippen LogP contribution in [0.5, 0.6) is 11.5 Å². The summed E-state index contributed by atoms with van der Waals surface area (Å²) >= 11 is 0. The van der Waals surface area contributed by atoms with Crippen molar-refractivity contribution in [2.45, 2.75) is 84.2 Å². The first kappa shape index (κ1) is 28.4. The van der Waals surface area contributed by atoms with Gasteiger partial charge in [0.15, 0.2) is 0 Å². The smallest absolute Gasteiger partial charge is 0.335 e. The van der Waals surface area contributed by atoms with Crippen LogP contribution in [0.3, 0.4) is 0 Å². The number of fused-ring (bicyclic) bond motifs is 4. The van der Waals surface area contributed by atoms with Gasteiger partial charge in [-0.2, -0.15) is 0 Å². The van der Waals surface area contributed by atoms with E-state index in [0.29, 0.717) is 22.6 Å². The molecule has 5 rings (SSSR count). The largest absolute Gasteiger partial charge is 0.478 e. The Morgan fingerprint density at radius 3 is 2.37 bits per heavy atom. The van der Waals surface area contributed by atoms with Crippen molar-refractivity contribution in [3.8, 4) is 11.5 Å². The summed E-state index contributed by atoms with van der Waals surface area (Å²) in [6.45, 7) is 14.7. The van der Waals surface area contributed by atoms with E-state index in [1.807, 2.05) is 12.1 Å². The van der Waals surface area contributed by atoms with Crippen LogP contribution in [-0.2, 0) is 9.59 Å². The number of rotatable bonds is 5. The molecule has 3 N–H and O–H groups in total. The third-order valence-electron chi connectivity index (χ3n) is 8.20. The Morgan fingerprint density at radius 2 is 1.71 bits per heavy atom. The van der Waals surface area contributed by atoms with Crippen LogP contribution in [0.1, 0.15) is 89.8 Å². The molecule has 7 nitrogen and oxygen atoms in total. The van der Waals surface area contributed by atoms with Gasteiger partial charge in [-0.05, 0) is 88.1 Å². The zero-order valence-corrected chi connectivity index (χ0v) is 24.8. The highest BCUT2D eigenvalue weighted by molar-refractivity contribution is 6.02. The first-order valence-electron chi connectivity index (χ1n) is 14.1. The van der Waals surface area contributed by atoms with Crippen LogP contribution in [0.4, 0.5) is 5.69 Å². The van der Waals surface area contributed by atoms with E-state index < -0.39 is 11.9 Å². The molecule has 3 heterocycles. The number of hydrogen-bond acceptors (Lipinski definition) is 5. The molecule has 41 heavy (non-hydrogen) atoms. The SMILES string of the molecule is C\C=C(C(=O)O)/C(=C\C=C\C(=O)O)C1=c2cc3c(cc2Oc2cc4c(cc21)C(C)CC(C)(C)N4)=NC(C)(C)CC3C. The fraction of sp³-hybridized carbons (Fsp3) is 0.382. The Hall–Kier alpha value is -4.13. The van der Waals surface area contributed by atoms with Crippen LogP contribution >= 0.6 is 0 Å².